The maximum atomic E-state index is 12.8. The van der Waals surface area contributed by atoms with Crippen LogP contribution in [0.2, 0.25) is 0 Å². The molecule has 0 unspecified atom stereocenters. The molecule has 0 atom stereocenters. The van der Waals surface area contributed by atoms with Gasteiger partial charge in [-0.15, -0.1) is 0 Å². The minimum absolute atomic E-state index is 0.405. The highest BCUT2D eigenvalue weighted by Gasteiger charge is 2.58. The Balaban J connectivity index is 1.91. The van der Waals surface area contributed by atoms with Gasteiger partial charge in [0.1, 0.15) is 0 Å². The van der Waals surface area contributed by atoms with Crippen LogP contribution in [0.25, 0.3) is 0 Å². The highest BCUT2D eigenvalue weighted by atomic mass is 32.2. The zero-order chi connectivity index (χ0) is 13.0. The van der Waals surface area contributed by atoms with Crippen LogP contribution in [0.3, 0.4) is 0 Å². The number of nitrogens with zero attached hydrogens (tertiary/aromatic N) is 1. The van der Waals surface area contributed by atoms with E-state index in [9.17, 15) is 8.42 Å². The maximum Gasteiger partial charge on any atom is 0.219 e. The van der Waals surface area contributed by atoms with E-state index < -0.39 is 14.8 Å². The lowest BCUT2D eigenvalue weighted by molar-refractivity contribution is 0.0316. The van der Waals surface area contributed by atoms with E-state index in [-0.39, 0.29) is 0 Å². The lowest BCUT2D eigenvalue weighted by atomic mass is 9.56. The van der Waals surface area contributed by atoms with E-state index in [0.717, 1.165) is 19.3 Å². The van der Waals surface area contributed by atoms with Gasteiger partial charge in [0.2, 0.25) is 10.0 Å². The molecule has 4 nitrogen and oxygen atoms in total. The van der Waals surface area contributed by atoms with Gasteiger partial charge in [-0.2, -0.15) is 0 Å². The molecule has 18 heavy (non-hydrogen) atoms. The molecule has 4 aliphatic carbocycles. The van der Waals surface area contributed by atoms with Crippen LogP contribution in [-0.2, 0) is 10.0 Å². The Hall–Kier alpha value is -0.130. The van der Waals surface area contributed by atoms with Gasteiger partial charge < -0.3 is 5.73 Å². The van der Waals surface area contributed by atoms with Crippen LogP contribution in [0.5, 0.6) is 0 Å². The third-order valence-electron chi connectivity index (χ3n) is 5.38. The molecule has 0 amide bonds. The molecule has 0 heterocycles. The van der Waals surface area contributed by atoms with Gasteiger partial charge in [0.25, 0.3) is 0 Å². The van der Waals surface area contributed by atoms with Gasteiger partial charge in [0, 0.05) is 20.1 Å². The van der Waals surface area contributed by atoms with Gasteiger partial charge in [-0.25, -0.2) is 12.7 Å². The Morgan fingerprint density at radius 2 is 1.56 bits per heavy atom. The van der Waals surface area contributed by atoms with E-state index in [1.807, 2.05) is 0 Å². The molecule has 0 radical (unpaired) electrons. The number of likely N-dealkylation sites (N-methyl/N-ethyl adjacent to an activating group) is 1. The van der Waals surface area contributed by atoms with Gasteiger partial charge in [0.15, 0.2) is 0 Å². The summed E-state index contributed by atoms with van der Waals surface area (Å²) in [5.74, 6) is 1.99. The van der Waals surface area contributed by atoms with Crippen molar-refractivity contribution in [3.05, 3.63) is 0 Å². The second-order valence-electron chi connectivity index (χ2n) is 6.72. The molecule has 4 saturated carbocycles. The van der Waals surface area contributed by atoms with Crippen molar-refractivity contribution in [1.82, 2.24) is 4.31 Å². The first-order valence-corrected chi connectivity index (χ1v) is 8.57. The number of rotatable bonds is 4. The summed E-state index contributed by atoms with van der Waals surface area (Å²) >= 11 is 0. The van der Waals surface area contributed by atoms with Crippen LogP contribution in [0.15, 0.2) is 0 Å². The van der Waals surface area contributed by atoms with Gasteiger partial charge in [0.05, 0.1) is 4.75 Å². The van der Waals surface area contributed by atoms with Crippen LogP contribution in [-0.4, -0.2) is 37.6 Å². The first kappa shape index (κ1) is 12.9. The van der Waals surface area contributed by atoms with Crippen LogP contribution in [0.4, 0.5) is 0 Å². The van der Waals surface area contributed by atoms with E-state index in [0.29, 0.717) is 30.8 Å². The van der Waals surface area contributed by atoms with Gasteiger partial charge in [-0.1, -0.05) is 0 Å². The van der Waals surface area contributed by atoms with Crippen LogP contribution >= 0.6 is 0 Å². The number of sulfonamides is 1. The molecule has 0 aromatic rings. The molecule has 0 aliphatic heterocycles. The average molecular weight is 272 g/mol. The normalized spacial score (nSPS) is 42.7. The first-order chi connectivity index (χ1) is 8.47. The van der Waals surface area contributed by atoms with E-state index in [2.05, 4.69) is 0 Å². The minimum Gasteiger partial charge on any atom is -0.329 e. The molecule has 4 fully saturated rings. The van der Waals surface area contributed by atoms with E-state index in [1.165, 1.54) is 23.6 Å². The molecule has 4 rings (SSSR count). The summed E-state index contributed by atoms with van der Waals surface area (Å²) in [6, 6.07) is 0. The van der Waals surface area contributed by atoms with E-state index >= 15 is 0 Å². The molecule has 0 spiro atoms. The van der Waals surface area contributed by atoms with Crippen molar-refractivity contribution in [3.63, 3.8) is 0 Å². The molecule has 104 valence electrons. The van der Waals surface area contributed by atoms with Crippen molar-refractivity contribution >= 4 is 10.0 Å². The van der Waals surface area contributed by atoms with Crippen molar-refractivity contribution in [1.29, 1.82) is 0 Å². The highest BCUT2D eigenvalue weighted by Crippen LogP contribution is 2.58. The molecular weight excluding hydrogens is 248 g/mol. The molecule has 0 aromatic carbocycles. The fourth-order valence-electron chi connectivity index (χ4n) is 4.98. The third kappa shape index (κ3) is 1.74. The summed E-state index contributed by atoms with van der Waals surface area (Å²) in [4.78, 5) is 0. The highest BCUT2D eigenvalue weighted by molar-refractivity contribution is 7.90. The maximum absolute atomic E-state index is 12.8. The monoisotopic (exact) mass is 272 g/mol. The van der Waals surface area contributed by atoms with Crippen LogP contribution < -0.4 is 5.73 Å². The van der Waals surface area contributed by atoms with E-state index in [1.54, 1.807) is 7.05 Å². The Morgan fingerprint density at radius 1 is 1.11 bits per heavy atom. The summed E-state index contributed by atoms with van der Waals surface area (Å²) in [6.45, 7) is 0.853. The molecule has 4 bridgehead atoms. The van der Waals surface area contributed by atoms with Crippen LogP contribution in [0.1, 0.15) is 38.5 Å². The Kier molecular flexibility index (Phi) is 2.99. The summed E-state index contributed by atoms with van der Waals surface area (Å²) in [6.07, 6.45) is 6.52. The predicted molar refractivity (Wildman–Crippen MR) is 71.5 cm³/mol. The van der Waals surface area contributed by atoms with Gasteiger partial charge >= 0.3 is 0 Å². The summed E-state index contributed by atoms with van der Waals surface area (Å²) in [7, 11) is -1.47. The van der Waals surface area contributed by atoms with Gasteiger partial charge in [-0.05, 0) is 56.3 Å². The van der Waals surface area contributed by atoms with Crippen molar-refractivity contribution in [2.24, 2.45) is 23.5 Å². The SMILES string of the molecule is CN(CCN)S(=O)(=O)C12CC3CC(CC(C3)C1)C2. The predicted octanol–water partition coefficient (Wildman–Crippen LogP) is 1.18. The topological polar surface area (TPSA) is 63.4 Å². The van der Waals surface area contributed by atoms with E-state index in [4.69, 9.17) is 5.73 Å². The number of nitrogens with two attached hydrogens (primary N) is 1. The molecular formula is C13H24N2O2S. The molecule has 2 N–H and O–H groups in total. The van der Waals surface area contributed by atoms with Crippen molar-refractivity contribution in [2.45, 2.75) is 43.3 Å². The zero-order valence-corrected chi connectivity index (χ0v) is 12.0. The molecule has 4 aliphatic rings. The fourth-order valence-corrected chi connectivity index (χ4v) is 7.33. The minimum atomic E-state index is -3.17. The second-order valence-corrected chi connectivity index (χ2v) is 9.16. The van der Waals surface area contributed by atoms with Crippen molar-refractivity contribution < 1.29 is 8.42 Å². The average Bonchev–Trinajstić information content (AvgIpc) is 2.27. The second kappa shape index (κ2) is 4.18. The smallest absolute Gasteiger partial charge is 0.219 e. The number of hydrogen-bond acceptors (Lipinski definition) is 3. The zero-order valence-electron chi connectivity index (χ0n) is 11.1. The molecule has 5 heteroatoms. The first-order valence-electron chi connectivity index (χ1n) is 7.13. The van der Waals surface area contributed by atoms with Crippen LogP contribution in [0, 0.1) is 17.8 Å². The summed E-state index contributed by atoms with van der Waals surface area (Å²) < 4.78 is 26.8. The lowest BCUT2D eigenvalue weighted by Gasteiger charge is -2.56. The molecule has 0 saturated heterocycles. The Bertz CT molecular complexity index is 397. The quantitative estimate of drug-likeness (QED) is 0.835. The Morgan fingerprint density at radius 3 is 1.94 bits per heavy atom. The van der Waals surface area contributed by atoms with Crippen molar-refractivity contribution in [2.75, 3.05) is 20.1 Å². The van der Waals surface area contributed by atoms with Gasteiger partial charge in [-0.3, -0.25) is 0 Å². The fraction of sp³-hybridized carbons (Fsp3) is 1.00. The Labute approximate surface area is 110 Å². The summed E-state index contributed by atoms with van der Waals surface area (Å²) in [5.41, 5.74) is 5.51. The number of hydrogen-bond donors (Lipinski definition) is 1. The molecule has 0 aromatic heterocycles. The lowest BCUT2D eigenvalue weighted by Crippen LogP contribution is -2.58. The standard InChI is InChI=1S/C13H24N2O2S/c1-15(3-2-14)18(16,17)13-7-10-4-11(8-13)6-12(5-10)9-13/h10-12H,2-9,14H2,1H3. The van der Waals surface area contributed by atoms with Crippen molar-refractivity contribution in [3.8, 4) is 0 Å². The third-order valence-corrected chi connectivity index (χ3v) is 7.98. The largest absolute Gasteiger partial charge is 0.329 e. The summed E-state index contributed by atoms with van der Waals surface area (Å²) in [5, 5.41) is 0.